The van der Waals surface area contributed by atoms with Crippen LogP contribution < -0.4 is 15.6 Å². The lowest BCUT2D eigenvalue weighted by atomic mass is 10.1. The fourth-order valence-electron chi connectivity index (χ4n) is 4.19. The predicted octanol–water partition coefficient (Wildman–Crippen LogP) is 4.83. The van der Waals surface area contributed by atoms with E-state index in [2.05, 4.69) is 56.4 Å². The molecule has 4 aromatic rings. The second-order valence-electron chi connectivity index (χ2n) is 8.98. The van der Waals surface area contributed by atoms with Gasteiger partial charge in [0.1, 0.15) is 17.4 Å². The van der Waals surface area contributed by atoms with Gasteiger partial charge in [-0.05, 0) is 50.1 Å². The molecule has 0 bridgehead atoms. The van der Waals surface area contributed by atoms with E-state index in [1.807, 2.05) is 13.8 Å². The number of hydrogen-bond donors (Lipinski definition) is 1. The van der Waals surface area contributed by atoms with Crippen LogP contribution in [0.2, 0.25) is 0 Å². The lowest BCUT2D eigenvalue weighted by Crippen LogP contribution is -2.27. The van der Waals surface area contributed by atoms with Gasteiger partial charge in [0.2, 0.25) is 5.88 Å². The lowest BCUT2D eigenvalue weighted by Gasteiger charge is -2.16. The van der Waals surface area contributed by atoms with Gasteiger partial charge >= 0.3 is 0 Å². The van der Waals surface area contributed by atoms with E-state index >= 15 is 0 Å². The van der Waals surface area contributed by atoms with E-state index in [9.17, 15) is 4.79 Å². The summed E-state index contributed by atoms with van der Waals surface area (Å²) < 4.78 is 7.18. The molecule has 0 spiro atoms. The molecule has 3 heterocycles. The molecule has 0 unspecified atom stereocenters. The van der Waals surface area contributed by atoms with Crippen molar-refractivity contribution in [3.63, 3.8) is 0 Å². The van der Waals surface area contributed by atoms with Crippen LogP contribution in [0.25, 0.3) is 22.6 Å². The zero-order valence-electron chi connectivity index (χ0n) is 20.9. The first-order chi connectivity index (χ1) is 17.5. The molecule has 9 nitrogen and oxygen atoms in total. The zero-order valence-corrected chi connectivity index (χ0v) is 21.7. The highest BCUT2D eigenvalue weighted by atomic mass is 32.2. The fraction of sp³-hybridized carbons (Fsp3) is 0.385. The van der Waals surface area contributed by atoms with Crippen molar-refractivity contribution in [3.05, 3.63) is 58.4 Å². The summed E-state index contributed by atoms with van der Waals surface area (Å²) in [4.78, 5) is 37.4. The van der Waals surface area contributed by atoms with Crippen LogP contribution in [0.15, 0.2) is 46.5 Å². The largest absolute Gasteiger partial charge is 0.480 e. The first kappa shape index (κ1) is 24.2. The minimum absolute atomic E-state index is 0.131. The zero-order chi connectivity index (χ0) is 25.2. The number of rotatable bonds is 9. The number of thioether (sulfide) groups is 1. The average Bonchev–Trinajstić information content (AvgIpc) is 3.73. The number of fused-ring (bicyclic) bond motifs is 1. The van der Waals surface area contributed by atoms with Crippen LogP contribution in [-0.2, 0) is 6.54 Å². The van der Waals surface area contributed by atoms with Crippen molar-refractivity contribution in [1.82, 2.24) is 29.5 Å². The Bertz CT molecular complexity index is 1450. The van der Waals surface area contributed by atoms with Crippen molar-refractivity contribution in [2.45, 2.75) is 57.0 Å². The summed E-state index contributed by atoms with van der Waals surface area (Å²) in [6, 6.07) is 8.19. The van der Waals surface area contributed by atoms with Crippen molar-refractivity contribution in [3.8, 4) is 17.3 Å². The number of ether oxygens (including phenoxy) is 1. The molecule has 0 radical (unpaired) electrons. The maximum atomic E-state index is 13.5. The normalized spacial score (nSPS) is 13.4. The quantitative estimate of drug-likeness (QED) is 0.321. The molecule has 3 aromatic heterocycles. The number of methoxy groups -OCH3 is 1. The van der Waals surface area contributed by atoms with Gasteiger partial charge in [-0.2, -0.15) is 0 Å². The highest BCUT2D eigenvalue weighted by Crippen LogP contribution is 2.44. The summed E-state index contributed by atoms with van der Waals surface area (Å²) in [6.07, 6.45) is 5.29. The third kappa shape index (κ3) is 4.77. The molecule has 1 saturated carbocycles. The van der Waals surface area contributed by atoms with Gasteiger partial charge in [0, 0.05) is 23.4 Å². The van der Waals surface area contributed by atoms with E-state index in [4.69, 9.17) is 9.72 Å². The highest BCUT2D eigenvalue weighted by molar-refractivity contribution is 7.99. The van der Waals surface area contributed by atoms with Crippen molar-refractivity contribution in [1.29, 1.82) is 0 Å². The Hall–Kier alpha value is -3.53. The number of hydrogen-bond acceptors (Lipinski definition) is 9. The van der Waals surface area contributed by atoms with E-state index in [0.717, 1.165) is 29.9 Å². The molecule has 0 amide bonds. The Balaban J connectivity index is 1.53. The van der Waals surface area contributed by atoms with Gasteiger partial charge in [0.15, 0.2) is 17.3 Å². The molecular formula is C26H29N7O2S. The molecule has 186 valence electrons. The van der Waals surface area contributed by atoms with Crippen LogP contribution >= 0.6 is 11.8 Å². The molecule has 1 aromatic carbocycles. The van der Waals surface area contributed by atoms with Crippen molar-refractivity contribution < 1.29 is 4.74 Å². The first-order valence-electron chi connectivity index (χ1n) is 12.1. The van der Waals surface area contributed by atoms with Gasteiger partial charge in [0.25, 0.3) is 5.56 Å². The third-order valence-corrected chi connectivity index (χ3v) is 6.96. The summed E-state index contributed by atoms with van der Waals surface area (Å²) in [5.41, 5.74) is 3.42. The van der Waals surface area contributed by atoms with Crippen molar-refractivity contribution >= 4 is 28.7 Å². The molecule has 0 saturated heterocycles. The van der Waals surface area contributed by atoms with Crippen molar-refractivity contribution in [2.75, 3.05) is 18.2 Å². The smallest absolute Gasteiger partial charge is 0.295 e. The SMILES string of the molecule is CCSc1ccc(CNc2nc3cnc(-c4c(OC)ncnc4C4CC4)nc3n(C(C)C)c2=O)cc1. The van der Waals surface area contributed by atoms with Gasteiger partial charge < -0.3 is 10.1 Å². The minimum Gasteiger partial charge on any atom is -0.480 e. The molecule has 0 atom stereocenters. The average molecular weight is 504 g/mol. The summed E-state index contributed by atoms with van der Waals surface area (Å²) >= 11 is 1.80. The number of nitrogens with one attached hydrogen (secondary N) is 1. The summed E-state index contributed by atoms with van der Waals surface area (Å²) in [5.74, 6) is 2.52. The van der Waals surface area contributed by atoms with Crippen molar-refractivity contribution in [2.24, 2.45) is 0 Å². The van der Waals surface area contributed by atoms with Gasteiger partial charge in [-0.3, -0.25) is 9.36 Å². The van der Waals surface area contributed by atoms with Crippen LogP contribution in [-0.4, -0.2) is 42.3 Å². The molecule has 36 heavy (non-hydrogen) atoms. The van der Waals surface area contributed by atoms with Crippen LogP contribution in [0.5, 0.6) is 5.88 Å². The molecule has 10 heteroatoms. The Labute approximate surface area is 213 Å². The standard InChI is InChI=1S/C26H29N7O2S/c1-5-36-18-10-6-16(7-11-18)12-27-23-26(34)33(15(2)3)24-19(31-23)13-28-22(32-24)20-21(17-8-9-17)29-14-30-25(20)35-4/h6-7,10-11,13-15,17H,5,8-9,12H2,1-4H3,(H,27,31). The fourth-order valence-corrected chi connectivity index (χ4v) is 4.85. The van der Waals surface area contributed by atoms with E-state index in [1.54, 1.807) is 29.6 Å². The summed E-state index contributed by atoms with van der Waals surface area (Å²) in [6.45, 7) is 6.54. The maximum absolute atomic E-state index is 13.5. The van der Waals surface area contributed by atoms with Gasteiger partial charge in [0.05, 0.1) is 19.0 Å². The molecule has 5 rings (SSSR count). The number of nitrogens with zero attached hydrogens (tertiary/aromatic N) is 6. The van der Waals surface area contributed by atoms with E-state index in [-0.39, 0.29) is 17.4 Å². The molecule has 0 aliphatic heterocycles. The van der Waals surface area contributed by atoms with Gasteiger partial charge in [-0.1, -0.05) is 19.1 Å². The van der Waals surface area contributed by atoms with E-state index < -0.39 is 0 Å². The first-order valence-corrected chi connectivity index (χ1v) is 13.1. The molecule has 1 aliphatic rings. The van der Waals surface area contributed by atoms with E-state index in [0.29, 0.717) is 40.9 Å². The monoisotopic (exact) mass is 503 g/mol. The van der Waals surface area contributed by atoms with E-state index in [1.165, 1.54) is 11.2 Å². The maximum Gasteiger partial charge on any atom is 0.295 e. The number of benzene rings is 1. The number of anilines is 1. The van der Waals surface area contributed by atoms with Crippen LogP contribution in [0.1, 0.15) is 56.8 Å². The Morgan fingerprint density at radius 1 is 1.14 bits per heavy atom. The van der Waals surface area contributed by atoms with Gasteiger partial charge in [-0.25, -0.2) is 24.9 Å². The van der Waals surface area contributed by atoms with Crippen LogP contribution in [0.4, 0.5) is 5.82 Å². The van der Waals surface area contributed by atoms with Gasteiger partial charge in [-0.15, -0.1) is 11.8 Å². The third-order valence-electron chi connectivity index (χ3n) is 6.07. The second kappa shape index (κ2) is 10.2. The molecule has 1 N–H and O–H groups in total. The number of aromatic nitrogens is 6. The minimum atomic E-state index is -0.223. The molecular weight excluding hydrogens is 474 g/mol. The summed E-state index contributed by atoms with van der Waals surface area (Å²) in [5, 5.41) is 3.22. The molecule has 1 aliphatic carbocycles. The van der Waals surface area contributed by atoms with Crippen LogP contribution in [0.3, 0.4) is 0 Å². The topological polar surface area (TPSA) is 108 Å². The Morgan fingerprint density at radius 3 is 2.58 bits per heavy atom. The lowest BCUT2D eigenvalue weighted by molar-refractivity contribution is 0.397. The second-order valence-corrected chi connectivity index (χ2v) is 10.3. The Kier molecular flexibility index (Phi) is 6.86. The van der Waals surface area contributed by atoms with Crippen LogP contribution in [0, 0.1) is 0 Å². The Morgan fingerprint density at radius 2 is 1.92 bits per heavy atom. The summed E-state index contributed by atoms with van der Waals surface area (Å²) in [7, 11) is 1.57. The predicted molar refractivity (Wildman–Crippen MR) is 142 cm³/mol. The molecule has 1 fully saturated rings. The highest BCUT2D eigenvalue weighted by Gasteiger charge is 2.31.